The van der Waals surface area contributed by atoms with Gasteiger partial charge in [0.1, 0.15) is 0 Å². The molecule has 0 bridgehead atoms. The molecule has 0 radical (unpaired) electrons. The van der Waals surface area contributed by atoms with Crippen molar-refractivity contribution >= 4 is 22.0 Å². The van der Waals surface area contributed by atoms with E-state index in [-0.39, 0.29) is 0 Å². The Morgan fingerprint density at radius 2 is 1.95 bits per heavy atom. The Labute approximate surface area is 127 Å². The number of rotatable bonds is 7. The molecule has 0 saturated carbocycles. The molecule has 2 fully saturated rings. The van der Waals surface area contributed by atoms with Gasteiger partial charge in [-0.1, -0.05) is 6.92 Å². The summed E-state index contributed by atoms with van der Waals surface area (Å²) in [6.45, 7) is 6.00. The van der Waals surface area contributed by atoms with E-state index in [1.807, 2.05) is 11.8 Å². The largest absolute Gasteiger partial charge is 0.317 e. The van der Waals surface area contributed by atoms with Gasteiger partial charge in [-0.05, 0) is 50.4 Å². The molecule has 0 aromatic carbocycles. The molecule has 7 heteroatoms. The first-order chi connectivity index (χ1) is 9.62. The average Bonchev–Trinajstić information content (AvgIpc) is 2.97. The van der Waals surface area contributed by atoms with E-state index in [4.69, 9.17) is 0 Å². The van der Waals surface area contributed by atoms with Gasteiger partial charge >= 0.3 is 0 Å². The molecule has 2 rings (SSSR count). The lowest BCUT2D eigenvalue weighted by Crippen LogP contribution is -2.47. The van der Waals surface area contributed by atoms with Gasteiger partial charge in [-0.25, -0.2) is 4.72 Å². The number of piperidine rings is 1. The van der Waals surface area contributed by atoms with Crippen LogP contribution in [0.4, 0.5) is 0 Å². The van der Waals surface area contributed by atoms with Gasteiger partial charge in [0, 0.05) is 24.9 Å². The lowest BCUT2D eigenvalue weighted by molar-refractivity contribution is 0.266. The Morgan fingerprint density at radius 1 is 1.20 bits per heavy atom. The molecule has 2 N–H and O–H groups in total. The van der Waals surface area contributed by atoms with Crippen LogP contribution >= 0.6 is 11.8 Å². The minimum absolute atomic E-state index is 0.469. The van der Waals surface area contributed by atoms with Crippen LogP contribution in [0.5, 0.6) is 0 Å². The van der Waals surface area contributed by atoms with Crippen LogP contribution in [0.1, 0.15) is 32.6 Å². The second kappa shape index (κ2) is 7.98. The summed E-state index contributed by atoms with van der Waals surface area (Å²) in [4.78, 5) is 0. The van der Waals surface area contributed by atoms with Crippen molar-refractivity contribution in [1.29, 1.82) is 0 Å². The highest BCUT2D eigenvalue weighted by Gasteiger charge is 2.28. The zero-order valence-electron chi connectivity index (χ0n) is 12.3. The van der Waals surface area contributed by atoms with E-state index < -0.39 is 10.2 Å². The van der Waals surface area contributed by atoms with Gasteiger partial charge in [0.2, 0.25) is 0 Å². The third-order valence-electron chi connectivity index (χ3n) is 4.11. The molecule has 5 nitrogen and oxygen atoms in total. The third-order valence-corrected chi connectivity index (χ3v) is 7.09. The van der Waals surface area contributed by atoms with Gasteiger partial charge in [-0.15, -0.1) is 0 Å². The molecule has 0 amide bonds. The van der Waals surface area contributed by atoms with Crippen LogP contribution in [0.2, 0.25) is 0 Å². The van der Waals surface area contributed by atoms with Crippen LogP contribution in [-0.2, 0) is 10.2 Å². The predicted octanol–water partition coefficient (Wildman–Crippen LogP) is 1.04. The molecule has 0 spiro atoms. The summed E-state index contributed by atoms with van der Waals surface area (Å²) in [6.07, 6.45) is 4.28. The third kappa shape index (κ3) is 4.87. The maximum Gasteiger partial charge on any atom is 0.279 e. The molecule has 20 heavy (non-hydrogen) atoms. The number of thioether (sulfide) groups is 1. The SMILES string of the molecule is CCNCC1CCN(S(=O)(=O)NCC2CCCS2)CC1. The Hall–Kier alpha value is 0.180. The zero-order chi connectivity index (χ0) is 14.4. The quantitative estimate of drug-likeness (QED) is 0.735. The van der Waals surface area contributed by atoms with Crippen LogP contribution in [0.25, 0.3) is 0 Å². The van der Waals surface area contributed by atoms with E-state index in [2.05, 4.69) is 17.0 Å². The lowest BCUT2D eigenvalue weighted by atomic mass is 9.98. The van der Waals surface area contributed by atoms with E-state index in [1.54, 1.807) is 4.31 Å². The fourth-order valence-corrected chi connectivity index (χ4v) is 5.39. The number of hydrogen-bond acceptors (Lipinski definition) is 4. The van der Waals surface area contributed by atoms with Gasteiger partial charge in [0.05, 0.1) is 0 Å². The van der Waals surface area contributed by atoms with Gasteiger partial charge in [0.15, 0.2) is 0 Å². The van der Waals surface area contributed by atoms with Crippen molar-refractivity contribution in [3.63, 3.8) is 0 Å². The summed E-state index contributed by atoms with van der Waals surface area (Å²) in [6, 6.07) is 0. The second-order valence-electron chi connectivity index (χ2n) is 5.64. The van der Waals surface area contributed by atoms with Crippen LogP contribution < -0.4 is 10.0 Å². The van der Waals surface area contributed by atoms with E-state index >= 15 is 0 Å². The van der Waals surface area contributed by atoms with Crippen molar-refractivity contribution in [2.75, 3.05) is 38.5 Å². The van der Waals surface area contributed by atoms with Crippen molar-refractivity contribution in [1.82, 2.24) is 14.3 Å². The summed E-state index contributed by atoms with van der Waals surface area (Å²) in [7, 11) is -3.27. The molecule has 0 aromatic rings. The van der Waals surface area contributed by atoms with Crippen molar-refractivity contribution in [3.8, 4) is 0 Å². The smallest absolute Gasteiger partial charge is 0.279 e. The molecule has 2 aliphatic rings. The van der Waals surface area contributed by atoms with Crippen molar-refractivity contribution in [2.24, 2.45) is 5.92 Å². The van der Waals surface area contributed by atoms with E-state index in [0.29, 0.717) is 30.8 Å². The Kier molecular flexibility index (Phi) is 6.61. The molecule has 0 aromatic heterocycles. The number of hydrogen-bond donors (Lipinski definition) is 2. The van der Waals surface area contributed by atoms with E-state index in [0.717, 1.165) is 32.4 Å². The van der Waals surface area contributed by atoms with Gasteiger partial charge in [0.25, 0.3) is 10.2 Å². The lowest BCUT2D eigenvalue weighted by Gasteiger charge is -2.31. The van der Waals surface area contributed by atoms with E-state index in [1.165, 1.54) is 12.2 Å². The minimum atomic E-state index is -3.27. The molecule has 118 valence electrons. The first-order valence-corrected chi connectivity index (χ1v) is 10.2. The van der Waals surface area contributed by atoms with Gasteiger partial charge < -0.3 is 5.32 Å². The molecular weight excluding hydrogens is 294 g/mol. The van der Waals surface area contributed by atoms with Crippen LogP contribution in [-0.4, -0.2) is 56.4 Å². The standard InChI is InChI=1S/C13H27N3O2S2/c1-2-14-10-12-5-7-16(8-6-12)20(17,18)15-11-13-4-3-9-19-13/h12-15H,2-11H2,1H3. The molecule has 2 saturated heterocycles. The normalized spacial score (nSPS) is 26.1. The first kappa shape index (κ1) is 16.5. The average molecular weight is 322 g/mol. The molecule has 1 atom stereocenters. The number of nitrogens with one attached hydrogen (secondary N) is 2. The zero-order valence-corrected chi connectivity index (χ0v) is 13.9. The van der Waals surface area contributed by atoms with Gasteiger partial charge in [-0.3, -0.25) is 0 Å². The van der Waals surface area contributed by atoms with Crippen LogP contribution in [0, 0.1) is 5.92 Å². The summed E-state index contributed by atoms with van der Waals surface area (Å²) >= 11 is 1.89. The number of nitrogens with zero attached hydrogens (tertiary/aromatic N) is 1. The first-order valence-electron chi connectivity index (χ1n) is 7.69. The highest BCUT2D eigenvalue weighted by Crippen LogP contribution is 2.25. The maximum atomic E-state index is 12.3. The fraction of sp³-hybridized carbons (Fsp3) is 1.00. The monoisotopic (exact) mass is 321 g/mol. The highest BCUT2D eigenvalue weighted by atomic mass is 32.2. The molecule has 2 heterocycles. The second-order valence-corrected chi connectivity index (χ2v) is 8.80. The molecule has 2 aliphatic heterocycles. The van der Waals surface area contributed by atoms with Crippen molar-refractivity contribution < 1.29 is 8.42 Å². The minimum Gasteiger partial charge on any atom is -0.317 e. The summed E-state index contributed by atoms with van der Waals surface area (Å²) in [5.41, 5.74) is 0. The summed E-state index contributed by atoms with van der Waals surface area (Å²) < 4.78 is 28.9. The Bertz CT molecular complexity index is 375. The Balaban J connectivity index is 1.73. The maximum absolute atomic E-state index is 12.3. The summed E-state index contributed by atoms with van der Waals surface area (Å²) in [5, 5.41) is 3.82. The van der Waals surface area contributed by atoms with Crippen molar-refractivity contribution in [3.05, 3.63) is 0 Å². The molecule has 0 aliphatic carbocycles. The summed E-state index contributed by atoms with van der Waals surface area (Å²) in [5.74, 6) is 1.79. The van der Waals surface area contributed by atoms with Crippen molar-refractivity contribution in [2.45, 2.75) is 37.9 Å². The highest BCUT2D eigenvalue weighted by molar-refractivity contribution is 8.00. The predicted molar refractivity (Wildman–Crippen MR) is 85.2 cm³/mol. The van der Waals surface area contributed by atoms with E-state index in [9.17, 15) is 8.42 Å². The Morgan fingerprint density at radius 3 is 2.55 bits per heavy atom. The molecule has 1 unspecified atom stereocenters. The van der Waals surface area contributed by atoms with Gasteiger partial charge in [-0.2, -0.15) is 24.5 Å². The molecular formula is C13H27N3O2S2. The van der Waals surface area contributed by atoms with Crippen LogP contribution in [0.3, 0.4) is 0 Å². The fourth-order valence-electron chi connectivity index (χ4n) is 2.80. The van der Waals surface area contributed by atoms with Crippen LogP contribution in [0.15, 0.2) is 0 Å². The topological polar surface area (TPSA) is 61.4 Å².